The van der Waals surface area contributed by atoms with Gasteiger partial charge in [0.05, 0.1) is 17.5 Å². The third kappa shape index (κ3) is 4.61. The van der Waals surface area contributed by atoms with Gasteiger partial charge in [0.25, 0.3) is 0 Å². The van der Waals surface area contributed by atoms with Crippen molar-refractivity contribution in [3.8, 4) is 17.2 Å². The molecule has 3 heterocycles. The van der Waals surface area contributed by atoms with E-state index in [0.29, 0.717) is 40.7 Å². The molecule has 3 aromatic heterocycles. The molecule has 0 aliphatic heterocycles. The molecule has 0 spiro atoms. The van der Waals surface area contributed by atoms with E-state index < -0.39 is 6.09 Å². The molecule has 150 valence electrons. The van der Waals surface area contributed by atoms with Crippen LogP contribution in [0.1, 0.15) is 5.69 Å². The Hall–Kier alpha value is -4.20. The predicted molar refractivity (Wildman–Crippen MR) is 111 cm³/mol. The highest BCUT2D eigenvalue weighted by molar-refractivity contribution is 5.88. The number of oxazole rings is 1. The summed E-state index contributed by atoms with van der Waals surface area (Å²) in [7, 11) is 0. The van der Waals surface area contributed by atoms with E-state index in [4.69, 9.17) is 13.9 Å². The van der Waals surface area contributed by atoms with Gasteiger partial charge in [0.15, 0.2) is 5.58 Å². The van der Waals surface area contributed by atoms with Gasteiger partial charge in [0.2, 0.25) is 5.89 Å². The molecule has 0 saturated heterocycles. The van der Waals surface area contributed by atoms with Gasteiger partial charge in [-0.3, -0.25) is 15.3 Å². The fourth-order valence-corrected chi connectivity index (χ4v) is 2.65. The number of aromatic nitrogens is 3. The molecule has 1 aromatic carbocycles. The zero-order valence-corrected chi connectivity index (χ0v) is 15.9. The number of nitrogens with one attached hydrogen (secondary N) is 1. The van der Waals surface area contributed by atoms with E-state index in [9.17, 15) is 4.79 Å². The van der Waals surface area contributed by atoms with E-state index in [0.717, 1.165) is 5.56 Å². The van der Waals surface area contributed by atoms with Gasteiger partial charge >= 0.3 is 6.09 Å². The standard InChI is InChI=1S/C22H18N4O4/c1-2-10-28-18-7-5-17(24-13-18)14-29-22(27)25-16-6-8-20-19(11-16)26-21(30-20)15-4-3-9-23-12-15/h2-9,11-13H,1,10,14H2,(H,25,27). The fraction of sp³-hybridized carbons (Fsp3) is 0.0909. The molecule has 8 heteroatoms. The summed E-state index contributed by atoms with van der Waals surface area (Å²) < 4.78 is 16.3. The van der Waals surface area contributed by atoms with Gasteiger partial charge in [-0.05, 0) is 42.5 Å². The summed E-state index contributed by atoms with van der Waals surface area (Å²) in [6.07, 6.45) is 5.98. The molecule has 4 rings (SSSR count). The van der Waals surface area contributed by atoms with Gasteiger partial charge in [0, 0.05) is 18.1 Å². The van der Waals surface area contributed by atoms with Crippen LogP contribution in [0.2, 0.25) is 0 Å². The second kappa shape index (κ2) is 8.87. The Balaban J connectivity index is 1.36. The molecule has 1 N–H and O–H groups in total. The van der Waals surface area contributed by atoms with Crippen LogP contribution in [-0.4, -0.2) is 27.7 Å². The average Bonchev–Trinajstić information content (AvgIpc) is 3.21. The monoisotopic (exact) mass is 402 g/mol. The summed E-state index contributed by atoms with van der Waals surface area (Å²) in [4.78, 5) is 24.8. The number of amides is 1. The molecule has 0 radical (unpaired) electrons. The number of rotatable bonds is 7. The van der Waals surface area contributed by atoms with Crippen molar-refractivity contribution in [2.75, 3.05) is 11.9 Å². The molecule has 0 unspecified atom stereocenters. The Labute approximate surface area is 172 Å². The average molecular weight is 402 g/mol. The summed E-state index contributed by atoms with van der Waals surface area (Å²) >= 11 is 0. The lowest BCUT2D eigenvalue weighted by Gasteiger charge is -2.07. The molecule has 0 fully saturated rings. The summed E-state index contributed by atoms with van der Waals surface area (Å²) in [6, 6.07) is 12.3. The van der Waals surface area contributed by atoms with Gasteiger partial charge in [-0.25, -0.2) is 9.78 Å². The molecular formula is C22H18N4O4. The molecule has 0 atom stereocenters. The van der Waals surface area contributed by atoms with Crippen molar-refractivity contribution in [2.24, 2.45) is 0 Å². The first-order valence-corrected chi connectivity index (χ1v) is 9.14. The van der Waals surface area contributed by atoms with Gasteiger partial charge < -0.3 is 13.9 Å². The summed E-state index contributed by atoms with van der Waals surface area (Å²) in [5, 5.41) is 2.67. The number of benzene rings is 1. The fourth-order valence-electron chi connectivity index (χ4n) is 2.65. The minimum atomic E-state index is -0.598. The zero-order chi connectivity index (χ0) is 20.8. The molecule has 0 bridgehead atoms. The number of anilines is 1. The topological polar surface area (TPSA) is 99.4 Å². The van der Waals surface area contributed by atoms with Crippen molar-refractivity contribution >= 4 is 22.9 Å². The lowest BCUT2D eigenvalue weighted by atomic mass is 10.3. The van der Waals surface area contributed by atoms with Crippen molar-refractivity contribution < 1.29 is 18.7 Å². The number of hydrogen-bond acceptors (Lipinski definition) is 7. The molecule has 30 heavy (non-hydrogen) atoms. The molecule has 4 aromatic rings. The van der Waals surface area contributed by atoms with Crippen LogP contribution in [0.4, 0.5) is 10.5 Å². The summed E-state index contributed by atoms with van der Waals surface area (Å²) in [6.45, 7) is 4.02. The first kappa shape index (κ1) is 19.1. The van der Waals surface area contributed by atoms with Crippen LogP contribution in [0.3, 0.4) is 0 Å². The molecule has 0 aliphatic carbocycles. The predicted octanol–water partition coefficient (Wildman–Crippen LogP) is 4.60. The Bertz CT molecular complexity index is 1160. The molecule has 0 saturated carbocycles. The Kier molecular flexibility index (Phi) is 5.66. The maximum atomic E-state index is 12.1. The number of ether oxygens (including phenoxy) is 2. The zero-order valence-electron chi connectivity index (χ0n) is 15.9. The minimum absolute atomic E-state index is 0.0327. The third-order valence-electron chi connectivity index (χ3n) is 4.06. The second-order valence-electron chi connectivity index (χ2n) is 6.23. The van der Waals surface area contributed by atoms with E-state index in [2.05, 4.69) is 26.8 Å². The number of pyridine rings is 2. The van der Waals surface area contributed by atoms with Crippen LogP contribution >= 0.6 is 0 Å². The second-order valence-corrected chi connectivity index (χ2v) is 6.23. The van der Waals surface area contributed by atoms with Gasteiger partial charge in [0.1, 0.15) is 24.5 Å². The lowest BCUT2D eigenvalue weighted by molar-refractivity contribution is 0.153. The SMILES string of the molecule is C=CCOc1ccc(COC(=O)Nc2ccc3oc(-c4cccnc4)nc3c2)nc1. The van der Waals surface area contributed by atoms with Crippen LogP contribution < -0.4 is 10.1 Å². The van der Waals surface area contributed by atoms with Crippen LogP contribution in [0.15, 0.2) is 78.1 Å². The van der Waals surface area contributed by atoms with Crippen LogP contribution in [-0.2, 0) is 11.3 Å². The molecular weight excluding hydrogens is 384 g/mol. The smallest absolute Gasteiger partial charge is 0.412 e. The maximum absolute atomic E-state index is 12.1. The molecule has 1 amide bonds. The molecule has 0 aliphatic rings. The van der Waals surface area contributed by atoms with Gasteiger partial charge in [-0.15, -0.1) is 0 Å². The number of carbonyl (C=O) groups excluding carboxylic acids is 1. The maximum Gasteiger partial charge on any atom is 0.412 e. The van der Waals surface area contributed by atoms with Crippen molar-refractivity contribution in [3.63, 3.8) is 0 Å². The van der Waals surface area contributed by atoms with Crippen LogP contribution in [0, 0.1) is 0 Å². The Morgan fingerprint density at radius 2 is 2.13 bits per heavy atom. The first-order valence-electron chi connectivity index (χ1n) is 9.14. The Morgan fingerprint density at radius 1 is 1.20 bits per heavy atom. The van der Waals surface area contributed by atoms with E-state index in [-0.39, 0.29) is 6.61 Å². The van der Waals surface area contributed by atoms with Crippen molar-refractivity contribution in [1.29, 1.82) is 0 Å². The van der Waals surface area contributed by atoms with Crippen molar-refractivity contribution in [3.05, 3.63) is 79.4 Å². The first-order chi connectivity index (χ1) is 14.7. The van der Waals surface area contributed by atoms with E-state index in [1.807, 2.05) is 12.1 Å². The largest absolute Gasteiger partial charge is 0.488 e. The van der Waals surface area contributed by atoms with E-state index >= 15 is 0 Å². The number of nitrogens with zero attached hydrogens (tertiary/aromatic N) is 3. The Morgan fingerprint density at radius 3 is 2.90 bits per heavy atom. The normalized spacial score (nSPS) is 10.5. The summed E-state index contributed by atoms with van der Waals surface area (Å²) in [5.74, 6) is 1.08. The lowest BCUT2D eigenvalue weighted by Crippen LogP contribution is -2.13. The van der Waals surface area contributed by atoms with Gasteiger partial charge in [-0.2, -0.15) is 0 Å². The minimum Gasteiger partial charge on any atom is -0.488 e. The van der Waals surface area contributed by atoms with Crippen LogP contribution in [0.5, 0.6) is 5.75 Å². The summed E-state index contributed by atoms with van der Waals surface area (Å²) in [5.41, 5.74) is 3.14. The van der Waals surface area contributed by atoms with Crippen molar-refractivity contribution in [1.82, 2.24) is 15.0 Å². The highest BCUT2D eigenvalue weighted by Crippen LogP contribution is 2.25. The number of fused-ring (bicyclic) bond motifs is 1. The van der Waals surface area contributed by atoms with Crippen molar-refractivity contribution in [2.45, 2.75) is 6.61 Å². The van der Waals surface area contributed by atoms with E-state index in [1.165, 1.54) is 0 Å². The quantitative estimate of drug-likeness (QED) is 0.451. The number of hydrogen-bond donors (Lipinski definition) is 1. The van der Waals surface area contributed by atoms with Crippen LogP contribution in [0.25, 0.3) is 22.6 Å². The highest BCUT2D eigenvalue weighted by atomic mass is 16.5. The number of carbonyl (C=O) groups is 1. The third-order valence-corrected chi connectivity index (χ3v) is 4.06. The highest BCUT2D eigenvalue weighted by Gasteiger charge is 2.11. The van der Waals surface area contributed by atoms with E-state index in [1.54, 1.807) is 55.0 Å². The molecule has 8 nitrogen and oxygen atoms in total. The van der Waals surface area contributed by atoms with Gasteiger partial charge in [-0.1, -0.05) is 12.7 Å².